The number of carbonyl (C=O) groups is 1. The minimum absolute atomic E-state index is 0.0123. The van der Waals surface area contributed by atoms with E-state index in [4.69, 9.17) is 0 Å². The molecule has 0 unspecified atom stereocenters. The van der Waals surface area contributed by atoms with Crippen molar-refractivity contribution in [1.82, 2.24) is 10.6 Å². The van der Waals surface area contributed by atoms with Gasteiger partial charge in [0.15, 0.2) is 9.84 Å². The molecule has 0 aromatic heterocycles. The van der Waals surface area contributed by atoms with Gasteiger partial charge in [-0.2, -0.15) is 0 Å². The van der Waals surface area contributed by atoms with E-state index in [9.17, 15) is 13.2 Å². The number of nitrogens with one attached hydrogen (secondary N) is 2. The number of rotatable bonds is 8. The first-order valence-corrected chi connectivity index (χ1v) is 7.30. The maximum Gasteiger partial charge on any atom is 0.221 e. The Morgan fingerprint density at radius 3 is 2.38 bits per heavy atom. The van der Waals surface area contributed by atoms with E-state index in [0.29, 0.717) is 26.1 Å². The zero-order valence-electron chi connectivity index (χ0n) is 10.2. The van der Waals surface area contributed by atoms with Gasteiger partial charge >= 0.3 is 0 Å². The van der Waals surface area contributed by atoms with E-state index in [1.807, 2.05) is 6.92 Å². The summed E-state index contributed by atoms with van der Waals surface area (Å²) in [4.78, 5) is 11.0. The Morgan fingerprint density at radius 1 is 1.25 bits per heavy atom. The molecular formula is C10H22N2O3S. The van der Waals surface area contributed by atoms with Crippen LogP contribution in [0.4, 0.5) is 0 Å². The lowest BCUT2D eigenvalue weighted by Gasteiger charge is -2.08. The summed E-state index contributed by atoms with van der Waals surface area (Å²) in [5.41, 5.74) is 0. The molecule has 0 rings (SSSR count). The Morgan fingerprint density at radius 2 is 1.88 bits per heavy atom. The molecule has 0 spiro atoms. The summed E-state index contributed by atoms with van der Waals surface area (Å²) >= 11 is 0. The van der Waals surface area contributed by atoms with Gasteiger partial charge in [-0.05, 0) is 20.8 Å². The predicted octanol–water partition coefficient (Wildman–Crippen LogP) is -0.0746. The molecule has 16 heavy (non-hydrogen) atoms. The molecule has 6 heteroatoms. The molecule has 96 valence electrons. The molecule has 0 aliphatic heterocycles. The first kappa shape index (κ1) is 15.4. The number of hydrogen-bond donors (Lipinski definition) is 2. The molecule has 0 bridgehead atoms. The van der Waals surface area contributed by atoms with Crippen LogP contribution in [-0.4, -0.2) is 45.0 Å². The maximum atomic E-state index is 11.4. The molecule has 0 saturated heterocycles. The molecule has 0 aliphatic rings. The van der Waals surface area contributed by atoms with E-state index in [0.717, 1.165) is 0 Å². The fraction of sp³-hybridized carbons (Fsp3) is 0.900. The summed E-state index contributed by atoms with van der Waals surface area (Å²) in [5.74, 6) is 0.113. The van der Waals surface area contributed by atoms with Gasteiger partial charge in [-0.25, -0.2) is 8.42 Å². The van der Waals surface area contributed by atoms with Crippen molar-refractivity contribution in [3.05, 3.63) is 0 Å². The summed E-state index contributed by atoms with van der Waals surface area (Å²) in [6.45, 7) is 6.74. The lowest BCUT2D eigenvalue weighted by Crippen LogP contribution is -2.31. The van der Waals surface area contributed by atoms with Crippen LogP contribution in [0.25, 0.3) is 0 Å². The Kier molecular flexibility index (Phi) is 7.33. The molecule has 0 aliphatic carbocycles. The number of sulfone groups is 1. The van der Waals surface area contributed by atoms with Crippen LogP contribution < -0.4 is 10.6 Å². The van der Waals surface area contributed by atoms with Crippen LogP contribution in [0, 0.1) is 0 Å². The van der Waals surface area contributed by atoms with Crippen molar-refractivity contribution in [3.8, 4) is 0 Å². The summed E-state index contributed by atoms with van der Waals surface area (Å²) in [6.07, 6.45) is 0.384. The summed E-state index contributed by atoms with van der Waals surface area (Å²) in [5, 5.41) is 5.28. The highest BCUT2D eigenvalue weighted by Crippen LogP contribution is 1.98. The van der Waals surface area contributed by atoms with Crippen LogP contribution in [0.3, 0.4) is 0 Å². The smallest absolute Gasteiger partial charge is 0.221 e. The average molecular weight is 250 g/mol. The number of hydrogen-bond acceptors (Lipinski definition) is 4. The second kappa shape index (κ2) is 7.62. The molecular weight excluding hydrogens is 228 g/mol. The third-order valence-corrected chi connectivity index (χ3v) is 4.39. The molecule has 0 heterocycles. The van der Waals surface area contributed by atoms with E-state index in [1.165, 1.54) is 0 Å². The van der Waals surface area contributed by atoms with Gasteiger partial charge in [0.05, 0.1) is 11.0 Å². The Labute approximate surface area is 97.9 Å². The quantitative estimate of drug-likeness (QED) is 0.591. The monoisotopic (exact) mass is 250 g/mol. The lowest BCUT2D eigenvalue weighted by molar-refractivity contribution is -0.120. The lowest BCUT2D eigenvalue weighted by atomic mass is 10.4. The van der Waals surface area contributed by atoms with Crippen LogP contribution in [0.5, 0.6) is 0 Å². The van der Waals surface area contributed by atoms with Gasteiger partial charge in [0.1, 0.15) is 0 Å². The van der Waals surface area contributed by atoms with Crippen LogP contribution in [0.2, 0.25) is 0 Å². The largest absolute Gasteiger partial charge is 0.356 e. The Hall–Kier alpha value is -0.620. The first-order chi connectivity index (χ1) is 7.40. The van der Waals surface area contributed by atoms with Crippen molar-refractivity contribution in [2.45, 2.75) is 32.4 Å². The molecule has 1 amide bonds. The van der Waals surface area contributed by atoms with Gasteiger partial charge in [0.25, 0.3) is 0 Å². The van der Waals surface area contributed by atoms with Crippen molar-refractivity contribution >= 4 is 15.7 Å². The van der Waals surface area contributed by atoms with Crippen LogP contribution in [0.15, 0.2) is 0 Å². The van der Waals surface area contributed by atoms with Crippen molar-refractivity contribution in [2.75, 3.05) is 25.4 Å². The SMILES string of the molecule is CCNC(=O)CCNCCS(=O)(=O)C(C)C. The van der Waals surface area contributed by atoms with Gasteiger partial charge in [0.2, 0.25) is 5.91 Å². The van der Waals surface area contributed by atoms with E-state index >= 15 is 0 Å². The number of carbonyl (C=O) groups excluding carboxylic acids is 1. The van der Waals surface area contributed by atoms with Crippen molar-refractivity contribution in [1.29, 1.82) is 0 Å². The molecule has 0 fully saturated rings. The van der Waals surface area contributed by atoms with Crippen molar-refractivity contribution < 1.29 is 13.2 Å². The van der Waals surface area contributed by atoms with E-state index in [2.05, 4.69) is 10.6 Å². The second-order valence-corrected chi connectivity index (χ2v) is 6.55. The second-order valence-electron chi connectivity index (χ2n) is 3.87. The maximum absolute atomic E-state index is 11.4. The molecule has 0 radical (unpaired) electrons. The van der Waals surface area contributed by atoms with Gasteiger partial charge in [-0.3, -0.25) is 4.79 Å². The zero-order chi connectivity index (χ0) is 12.6. The highest BCUT2D eigenvalue weighted by Gasteiger charge is 2.14. The van der Waals surface area contributed by atoms with Crippen LogP contribution in [-0.2, 0) is 14.6 Å². The molecule has 2 N–H and O–H groups in total. The van der Waals surface area contributed by atoms with Crippen LogP contribution >= 0.6 is 0 Å². The summed E-state index contributed by atoms with van der Waals surface area (Å²) < 4.78 is 22.8. The molecule has 0 saturated carbocycles. The standard InChI is InChI=1S/C10H22N2O3S/c1-4-12-10(13)5-6-11-7-8-16(14,15)9(2)3/h9,11H,4-8H2,1-3H3,(H,12,13). The summed E-state index contributed by atoms with van der Waals surface area (Å²) in [7, 11) is -2.97. The highest BCUT2D eigenvalue weighted by atomic mass is 32.2. The minimum atomic E-state index is -2.97. The third kappa shape index (κ3) is 6.79. The fourth-order valence-electron chi connectivity index (χ4n) is 1.06. The van der Waals surface area contributed by atoms with Gasteiger partial charge in [0, 0.05) is 26.1 Å². The van der Waals surface area contributed by atoms with Crippen molar-refractivity contribution in [2.24, 2.45) is 0 Å². The van der Waals surface area contributed by atoms with E-state index in [1.54, 1.807) is 13.8 Å². The third-order valence-electron chi connectivity index (χ3n) is 2.18. The Balaban J connectivity index is 3.59. The van der Waals surface area contributed by atoms with Gasteiger partial charge in [-0.1, -0.05) is 0 Å². The van der Waals surface area contributed by atoms with Gasteiger partial charge in [-0.15, -0.1) is 0 Å². The highest BCUT2D eigenvalue weighted by molar-refractivity contribution is 7.92. The normalized spacial score (nSPS) is 11.8. The molecule has 0 aromatic rings. The molecule has 5 nitrogen and oxygen atoms in total. The van der Waals surface area contributed by atoms with E-state index in [-0.39, 0.29) is 16.9 Å². The summed E-state index contributed by atoms with van der Waals surface area (Å²) in [6, 6.07) is 0. The zero-order valence-corrected chi connectivity index (χ0v) is 11.1. The van der Waals surface area contributed by atoms with Crippen molar-refractivity contribution in [3.63, 3.8) is 0 Å². The number of amides is 1. The minimum Gasteiger partial charge on any atom is -0.356 e. The van der Waals surface area contributed by atoms with Crippen LogP contribution in [0.1, 0.15) is 27.2 Å². The topological polar surface area (TPSA) is 75.3 Å². The Bertz CT molecular complexity index is 299. The van der Waals surface area contributed by atoms with E-state index < -0.39 is 9.84 Å². The average Bonchev–Trinajstić information content (AvgIpc) is 2.17. The fourth-order valence-corrected chi connectivity index (χ4v) is 1.96. The predicted molar refractivity (Wildman–Crippen MR) is 65.1 cm³/mol. The van der Waals surface area contributed by atoms with Gasteiger partial charge < -0.3 is 10.6 Å². The molecule has 0 atom stereocenters. The molecule has 0 aromatic carbocycles. The first-order valence-electron chi connectivity index (χ1n) is 5.59.